The molecule has 6 nitrogen and oxygen atoms in total. The molecule has 1 saturated heterocycles. The Morgan fingerprint density at radius 2 is 1.64 bits per heavy atom. The molecule has 0 radical (unpaired) electrons. The Labute approximate surface area is 164 Å². The number of carbonyl (C=O) groups is 2. The van der Waals surface area contributed by atoms with E-state index in [1.165, 1.54) is 0 Å². The zero-order chi connectivity index (χ0) is 19.3. The first-order chi connectivity index (χ1) is 13.7. The monoisotopic (exact) mass is 379 g/mol. The van der Waals surface area contributed by atoms with Crippen molar-refractivity contribution in [1.82, 2.24) is 10.2 Å². The highest BCUT2D eigenvalue weighted by Gasteiger charge is 2.33. The zero-order valence-corrected chi connectivity index (χ0v) is 15.8. The number of anilines is 1. The van der Waals surface area contributed by atoms with Gasteiger partial charge in [0.2, 0.25) is 0 Å². The van der Waals surface area contributed by atoms with Crippen molar-refractivity contribution in [2.24, 2.45) is 5.92 Å². The molecule has 1 aliphatic carbocycles. The summed E-state index contributed by atoms with van der Waals surface area (Å²) in [7, 11) is 0. The number of benzene rings is 2. The van der Waals surface area contributed by atoms with Gasteiger partial charge < -0.3 is 20.3 Å². The lowest BCUT2D eigenvalue weighted by Crippen LogP contribution is -2.41. The van der Waals surface area contributed by atoms with Gasteiger partial charge in [-0.3, -0.25) is 4.79 Å². The van der Waals surface area contributed by atoms with Crippen LogP contribution in [0.1, 0.15) is 34.8 Å². The first-order valence-corrected chi connectivity index (χ1v) is 9.81. The molecule has 6 heteroatoms. The minimum absolute atomic E-state index is 0.0108. The molecule has 1 atom stereocenters. The molecule has 28 heavy (non-hydrogen) atoms. The summed E-state index contributed by atoms with van der Waals surface area (Å²) in [6.07, 6.45) is 2.23. The predicted octanol–water partition coefficient (Wildman–Crippen LogP) is 3.43. The molecule has 1 unspecified atom stereocenters. The van der Waals surface area contributed by atoms with Crippen LogP contribution in [0.5, 0.6) is 0 Å². The average Bonchev–Trinajstić information content (AvgIpc) is 3.58. The van der Waals surface area contributed by atoms with Gasteiger partial charge in [0.05, 0.1) is 30.5 Å². The van der Waals surface area contributed by atoms with E-state index >= 15 is 0 Å². The number of morpholine rings is 1. The summed E-state index contributed by atoms with van der Waals surface area (Å²) >= 11 is 0. The van der Waals surface area contributed by atoms with Crippen molar-refractivity contribution in [2.75, 3.05) is 31.6 Å². The lowest BCUT2D eigenvalue weighted by atomic mass is 10.0. The largest absolute Gasteiger partial charge is 0.378 e. The molecule has 0 aromatic heterocycles. The van der Waals surface area contributed by atoms with Crippen LogP contribution < -0.4 is 10.6 Å². The number of hydrogen-bond acceptors (Lipinski definition) is 3. The van der Waals surface area contributed by atoms with Crippen LogP contribution in [0.3, 0.4) is 0 Å². The molecule has 1 saturated carbocycles. The number of urea groups is 1. The molecule has 2 aliphatic rings. The van der Waals surface area contributed by atoms with Crippen LogP contribution in [0.15, 0.2) is 54.6 Å². The van der Waals surface area contributed by atoms with E-state index in [4.69, 9.17) is 4.74 Å². The maximum absolute atomic E-state index is 12.9. The highest BCUT2D eigenvalue weighted by molar-refractivity contribution is 6.03. The van der Waals surface area contributed by atoms with E-state index in [1.54, 1.807) is 17.0 Å². The van der Waals surface area contributed by atoms with Crippen LogP contribution in [0.25, 0.3) is 0 Å². The van der Waals surface area contributed by atoms with E-state index in [1.807, 2.05) is 42.5 Å². The zero-order valence-electron chi connectivity index (χ0n) is 15.8. The molecule has 1 heterocycles. The molecule has 1 aliphatic heterocycles. The van der Waals surface area contributed by atoms with Crippen molar-refractivity contribution in [3.8, 4) is 0 Å². The molecule has 2 aromatic carbocycles. The van der Waals surface area contributed by atoms with Crippen LogP contribution in [-0.4, -0.2) is 43.1 Å². The summed E-state index contributed by atoms with van der Waals surface area (Å²) in [5.74, 6) is 0.388. The van der Waals surface area contributed by atoms with Gasteiger partial charge in [-0.25, -0.2) is 4.79 Å². The van der Waals surface area contributed by atoms with Gasteiger partial charge in [0.15, 0.2) is 0 Å². The van der Waals surface area contributed by atoms with Crippen LogP contribution >= 0.6 is 0 Å². The van der Waals surface area contributed by atoms with E-state index in [0.29, 0.717) is 43.5 Å². The van der Waals surface area contributed by atoms with Crippen LogP contribution in [-0.2, 0) is 4.74 Å². The second-order valence-corrected chi connectivity index (χ2v) is 7.27. The van der Waals surface area contributed by atoms with Crippen molar-refractivity contribution < 1.29 is 14.3 Å². The third-order valence-electron chi connectivity index (χ3n) is 5.24. The molecule has 0 spiro atoms. The Kier molecular flexibility index (Phi) is 5.58. The Hall–Kier alpha value is -2.86. The summed E-state index contributed by atoms with van der Waals surface area (Å²) in [6, 6.07) is 16.9. The minimum Gasteiger partial charge on any atom is -0.378 e. The fourth-order valence-corrected chi connectivity index (χ4v) is 3.58. The maximum Gasteiger partial charge on any atom is 0.319 e. The number of ether oxygens (including phenoxy) is 1. The lowest BCUT2D eigenvalue weighted by Gasteiger charge is -2.27. The van der Waals surface area contributed by atoms with Crippen molar-refractivity contribution >= 4 is 17.6 Å². The number of carbonyl (C=O) groups excluding carboxylic acids is 2. The summed E-state index contributed by atoms with van der Waals surface area (Å²) < 4.78 is 5.32. The molecule has 2 aromatic rings. The number of amides is 3. The summed E-state index contributed by atoms with van der Waals surface area (Å²) in [6.45, 7) is 2.22. The van der Waals surface area contributed by atoms with Crippen molar-refractivity contribution in [3.05, 3.63) is 65.7 Å². The van der Waals surface area contributed by atoms with Gasteiger partial charge in [0.25, 0.3) is 5.91 Å². The molecule has 2 N–H and O–H groups in total. The van der Waals surface area contributed by atoms with Gasteiger partial charge in [0, 0.05) is 13.1 Å². The maximum atomic E-state index is 12.9. The van der Waals surface area contributed by atoms with Gasteiger partial charge in [-0.15, -0.1) is 0 Å². The Bertz CT molecular complexity index is 830. The van der Waals surface area contributed by atoms with Gasteiger partial charge in [-0.05, 0) is 36.5 Å². The van der Waals surface area contributed by atoms with Gasteiger partial charge in [0.1, 0.15) is 0 Å². The van der Waals surface area contributed by atoms with E-state index in [2.05, 4.69) is 10.6 Å². The van der Waals surface area contributed by atoms with Gasteiger partial charge in [-0.2, -0.15) is 0 Å². The first-order valence-electron chi connectivity index (χ1n) is 9.81. The van der Waals surface area contributed by atoms with E-state index in [9.17, 15) is 9.59 Å². The van der Waals surface area contributed by atoms with Crippen LogP contribution in [0.4, 0.5) is 10.5 Å². The number of nitrogens with zero attached hydrogens (tertiary/aromatic N) is 1. The molecule has 0 bridgehead atoms. The Morgan fingerprint density at radius 3 is 2.36 bits per heavy atom. The smallest absolute Gasteiger partial charge is 0.319 e. The Balaban J connectivity index is 1.46. The molecule has 146 valence electrons. The summed E-state index contributed by atoms with van der Waals surface area (Å²) in [5.41, 5.74) is 2.14. The molecular formula is C22H25N3O3. The fourth-order valence-electron chi connectivity index (χ4n) is 3.58. The van der Waals surface area contributed by atoms with Gasteiger partial charge in [-0.1, -0.05) is 42.5 Å². The highest BCUT2D eigenvalue weighted by Crippen LogP contribution is 2.41. The van der Waals surface area contributed by atoms with E-state index in [0.717, 1.165) is 18.4 Å². The molecule has 4 rings (SSSR count). The van der Waals surface area contributed by atoms with Crippen molar-refractivity contribution in [1.29, 1.82) is 0 Å². The molecular weight excluding hydrogens is 354 g/mol. The summed E-state index contributed by atoms with van der Waals surface area (Å²) in [4.78, 5) is 27.3. The topological polar surface area (TPSA) is 70.7 Å². The summed E-state index contributed by atoms with van der Waals surface area (Å²) in [5, 5.41) is 5.98. The quantitative estimate of drug-likeness (QED) is 0.836. The third kappa shape index (κ3) is 4.34. The second kappa shape index (κ2) is 8.44. The number of rotatable bonds is 5. The second-order valence-electron chi connectivity index (χ2n) is 7.27. The Morgan fingerprint density at radius 1 is 0.964 bits per heavy atom. The van der Waals surface area contributed by atoms with Crippen molar-refractivity contribution in [2.45, 2.75) is 18.9 Å². The standard InChI is InChI=1S/C22H25N3O3/c26-21(25-12-14-28-15-13-25)18-8-4-5-9-19(18)23-22(27)24-20(17-10-11-17)16-6-2-1-3-7-16/h1-9,17,20H,10-15H2,(H2,23,24,27). The van der Waals surface area contributed by atoms with Gasteiger partial charge >= 0.3 is 6.03 Å². The molecule has 2 fully saturated rings. The first kappa shape index (κ1) is 18.5. The number of hydrogen-bond donors (Lipinski definition) is 2. The SMILES string of the molecule is O=C(Nc1ccccc1C(=O)N1CCOCC1)NC(c1ccccc1)C1CC1. The van der Waals surface area contributed by atoms with Crippen LogP contribution in [0, 0.1) is 5.92 Å². The fraction of sp³-hybridized carbons (Fsp3) is 0.364. The third-order valence-corrected chi connectivity index (χ3v) is 5.24. The van der Waals surface area contributed by atoms with E-state index in [-0.39, 0.29) is 18.0 Å². The van der Waals surface area contributed by atoms with E-state index < -0.39 is 0 Å². The van der Waals surface area contributed by atoms with Crippen LogP contribution in [0.2, 0.25) is 0 Å². The van der Waals surface area contributed by atoms with Crippen molar-refractivity contribution in [3.63, 3.8) is 0 Å². The highest BCUT2D eigenvalue weighted by atomic mass is 16.5. The number of para-hydroxylation sites is 1. The predicted molar refractivity (Wildman–Crippen MR) is 107 cm³/mol. The lowest BCUT2D eigenvalue weighted by molar-refractivity contribution is 0.0303. The minimum atomic E-state index is -0.289. The average molecular weight is 379 g/mol. The molecule has 3 amide bonds. The number of nitrogens with one attached hydrogen (secondary N) is 2. The normalized spacial score (nSPS) is 17.6.